The van der Waals surface area contributed by atoms with E-state index in [4.69, 9.17) is 0 Å². The van der Waals surface area contributed by atoms with E-state index in [1.54, 1.807) is 16.2 Å². The van der Waals surface area contributed by atoms with Gasteiger partial charge in [-0.15, -0.1) is 11.3 Å². The van der Waals surface area contributed by atoms with Gasteiger partial charge in [-0.1, -0.05) is 32.3 Å². The first kappa shape index (κ1) is 21.3. The van der Waals surface area contributed by atoms with Gasteiger partial charge >= 0.3 is 0 Å². The number of H-pyrrole nitrogens is 1. The maximum absolute atomic E-state index is 13.4. The standard InChI is InChI=1S/C22H29N3O3S/c1-3-22(2,21(28)24-17-8-5-4-6-9-17)25(15-18-10-7-13-29-18)20(27)16-11-12-19(26)23-14-16/h7,10-14,17H,3-6,8-9,15H2,1-2H3,(H,23,26)(H,24,28)/t22-/m0/s1. The molecular formula is C22H29N3O3S. The lowest BCUT2D eigenvalue weighted by atomic mass is 9.91. The van der Waals surface area contributed by atoms with Crippen LogP contribution >= 0.6 is 11.3 Å². The van der Waals surface area contributed by atoms with Gasteiger partial charge in [-0.05, 0) is 43.7 Å². The molecule has 0 aromatic carbocycles. The summed E-state index contributed by atoms with van der Waals surface area (Å²) in [5.41, 5.74) is -0.889. The molecule has 1 fully saturated rings. The summed E-state index contributed by atoms with van der Waals surface area (Å²) in [6.45, 7) is 4.11. The van der Waals surface area contributed by atoms with Gasteiger partial charge in [0, 0.05) is 23.2 Å². The minimum Gasteiger partial charge on any atom is -0.351 e. The number of thiophene rings is 1. The number of aromatic nitrogens is 1. The van der Waals surface area contributed by atoms with Crippen molar-refractivity contribution in [1.29, 1.82) is 0 Å². The first-order chi connectivity index (χ1) is 13.9. The molecule has 2 N–H and O–H groups in total. The smallest absolute Gasteiger partial charge is 0.256 e. The Morgan fingerprint density at radius 2 is 2.00 bits per heavy atom. The maximum atomic E-state index is 13.4. The van der Waals surface area contributed by atoms with Gasteiger partial charge in [0.1, 0.15) is 5.54 Å². The lowest BCUT2D eigenvalue weighted by Crippen LogP contribution is -2.59. The molecule has 0 spiro atoms. The predicted molar refractivity (Wildman–Crippen MR) is 115 cm³/mol. The van der Waals surface area contributed by atoms with Crippen LogP contribution in [0.3, 0.4) is 0 Å². The molecule has 0 unspecified atom stereocenters. The average molecular weight is 416 g/mol. The van der Waals surface area contributed by atoms with Crippen LogP contribution < -0.4 is 10.9 Å². The van der Waals surface area contributed by atoms with Gasteiger partial charge in [0.25, 0.3) is 5.91 Å². The number of hydrogen-bond donors (Lipinski definition) is 2. The number of aromatic amines is 1. The average Bonchev–Trinajstić information content (AvgIpc) is 3.25. The summed E-state index contributed by atoms with van der Waals surface area (Å²) in [4.78, 5) is 43.4. The van der Waals surface area contributed by atoms with Gasteiger partial charge in [-0.2, -0.15) is 0 Å². The molecule has 1 atom stereocenters. The Hall–Kier alpha value is -2.41. The predicted octanol–water partition coefficient (Wildman–Crippen LogP) is 3.70. The van der Waals surface area contributed by atoms with Crippen LogP contribution in [0.5, 0.6) is 0 Å². The fraction of sp³-hybridized carbons (Fsp3) is 0.500. The van der Waals surface area contributed by atoms with Crippen LogP contribution in [0.4, 0.5) is 0 Å². The number of carbonyl (C=O) groups is 2. The summed E-state index contributed by atoms with van der Waals surface area (Å²) in [5.74, 6) is -0.376. The highest BCUT2D eigenvalue weighted by atomic mass is 32.1. The molecule has 7 heteroatoms. The van der Waals surface area contributed by atoms with Crippen molar-refractivity contribution in [1.82, 2.24) is 15.2 Å². The fourth-order valence-corrected chi connectivity index (χ4v) is 4.48. The van der Waals surface area contributed by atoms with Gasteiger partial charge in [-0.25, -0.2) is 0 Å². The minimum atomic E-state index is -0.991. The van der Waals surface area contributed by atoms with Crippen molar-refractivity contribution >= 4 is 23.2 Å². The van der Waals surface area contributed by atoms with Crippen molar-refractivity contribution in [3.05, 3.63) is 56.6 Å². The molecular weight excluding hydrogens is 386 g/mol. The van der Waals surface area contributed by atoms with E-state index >= 15 is 0 Å². The van der Waals surface area contributed by atoms with E-state index in [2.05, 4.69) is 10.3 Å². The molecule has 156 valence electrons. The number of nitrogens with zero attached hydrogens (tertiary/aromatic N) is 1. The summed E-state index contributed by atoms with van der Waals surface area (Å²) in [6, 6.07) is 6.93. The van der Waals surface area contributed by atoms with Gasteiger partial charge in [0.05, 0.1) is 12.1 Å². The monoisotopic (exact) mass is 415 g/mol. The number of nitrogens with one attached hydrogen (secondary N) is 2. The van der Waals surface area contributed by atoms with Crippen LogP contribution in [0.2, 0.25) is 0 Å². The molecule has 0 bridgehead atoms. The summed E-state index contributed by atoms with van der Waals surface area (Å²) in [7, 11) is 0. The summed E-state index contributed by atoms with van der Waals surface area (Å²) in [6.07, 6.45) is 7.36. The van der Waals surface area contributed by atoms with Gasteiger partial charge in [-0.3, -0.25) is 14.4 Å². The molecule has 1 aliphatic rings. The number of amides is 2. The molecule has 0 aliphatic heterocycles. The second-order valence-electron chi connectivity index (χ2n) is 7.85. The minimum absolute atomic E-state index is 0.110. The lowest BCUT2D eigenvalue weighted by molar-refractivity contribution is -0.132. The van der Waals surface area contributed by atoms with Crippen molar-refractivity contribution in [3.63, 3.8) is 0 Å². The third-order valence-corrected chi connectivity index (χ3v) is 6.75. The van der Waals surface area contributed by atoms with E-state index in [9.17, 15) is 14.4 Å². The molecule has 2 amide bonds. The molecule has 0 radical (unpaired) electrons. The number of hydrogen-bond acceptors (Lipinski definition) is 4. The largest absolute Gasteiger partial charge is 0.351 e. The van der Waals surface area contributed by atoms with Crippen molar-refractivity contribution in [3.8, 4) is 0 Å². The Labute approximate surface area is 175 Å². The third-order valence-electron chi connectivity index (χ3n) is 5.88. The van der Waals surface area contributed by atoms with Crippen LogP contribution in [0.1, 0.15) is 67.6 Å². The zero-order valence-electron chi connectivity index (χ0n) is 17.1. The van der Waals surface area contributed by atoms with E-state index < -0.39 is 5.54 Å². The van der Waals surface area contributed by atoms with E-state index in [0.717, 1.165) is 30.6 Å². The molecule has 1 aliphatic carbocycles. The molecule has 1 saturated carbocycles. The fourth-order valence-electron chi connectivity index (χ4n) is 3.79. The summed E-state index contributed by atoms with van der Waals surface area (Å²) >= 11 is 1.56. The van der Waals surface area contributed by atoms with Crippen LogP contribution in [0.15, 0.2) is 40.6 Å². The Morgan fingerprint density at radius 1 is 1.24 bits per heavy atom. The first-order valence-corrected chi connectivity index (χ1v) is 11.2. The van der Waals surface area contributed by atoms with E-state index in [-0.39, 0.29) is 23.4 Å². The molecule has 2 aromatic heterocycles. The quantitative estimate of drug-likeness (QED) is 0.723. The normalized spacial score (nSPS) is 16.8. The molecule has 0 saturated heterocycles. The highest BCUT2D eigenvalue weighted by Crippen LogP contribution is 2.27. The van der Waals surface area contributed by atoms with Gasteiger partial charge in [0.15, 0.2) is 0 Å². The molecule has 2 heterocycles. The zero-order chi connectivity index (χ0) is 20.9. The van der Waals surface area contributed by atoms with Crippen molar-refractivity contribution in [2.75, 3.05) is 0 Å². The molecule has 2 aromatic rings. The molecule has 6 nitrogen and oxygen atoms in total. The maximum Gasteiger partial charge on any atom is 0.256 e. The zero-order valence-corrected chi connectivity index (χ0v) is 17.9. The second kappa shape index (κ2) is 9.39. The number of pyridine rings is 1. The van der Waals surface area contributed by atoms with Crippen molar-refractivity contribution < 1.29 is 9.59 Å². The first-order valence-electron chi connectivity index (χ1n) is 10.3. The number of rotatable bonds is 7. The van der Waals surface area contributed by atoms with Crippen molar-refractivity contribution in [2.24, 2.45) is 0 Å². The lowest BCUT2D eigenvalue weighted by Gasteiger charge is -2.40. The Balaban J connectivity index is 1.90. The van der Waals surface area contributed by atoms with Crippen LogP contribution in [0, 0.1) is 0 Å². The highest BCUT2D eigenvalue weighted by Gasteiger charge is 2.42. The van der Waals surface area contributed by atoms with Crippen LogP contribution in [-0.2, 0) is 11.3 Å². The third kappa shape index (κ3) is 4.96. The Kier molecular flexibility index (Phi) is 6.90. The van der Waals surface area contributed by atoms with Crippen LogP contribution in [-0.4, -0.2) is 33.3 Å². The van der Waals surface area contributed by atoms with E-state index in [0.29, 0.717) is 18.5 Å². The topological polar surface area (TPSA) is 82.3 Å². The summed E-state index contributed by atoms with van der Waals surface area (Å²) < 4.78 is 0. The van der Waals surface area contributed by atoms with Gasteiger partial charge < -0.3 is 15.2 Å². The molecule has 3 rings (SSSR count). The summed E-state index contributed by atoms with van der Waals surface area (Å²) in [5, 5.41) is 5.16. The number of carbonyl (C=O) groups excluding carboxylic acids is 2. The Morgan fingerprint density at radius 3 is 2.59 bits per heavy atom. The molecule has 29 heavy (non-hydrogen) atoms. The Bertz CT molecular complexity index is 866. The van der Waals surface area contributed by atoms with E-state index in [1.807, 2.05) is 31.4 Å². The van der Waals surface area contributed by atoms with Crippen molar-refractivity contribution in [2.45, 2.75) is 70.5 Å². The SMILES string of the molecule is CC[C@@](C)(C(=O)NC1CCCCC1)N(Cc1cccs1)C(=O)c1ccc(=O)[nH]c1. The van der Waals surface area contributed by atoms with E-state index in [1.165, 1.54) is 24.8 Å². The highest BCUT2D eigenvalue weighted by molar-refractivity contribution is 7.09. The van der Waals surface area contributed by atoms with Gasteiger partial charge in [0.2, 0.25) is 11.5 Å². The second-order valence-corrected chi connectivity index (χ2v) is 8.88. The van der Waals surface area contributed by atoms with Crippen LogP contribution in [0.25, 0.3) is 0 Å².